The molecule has 1 aromatic rings. The number of carbonyl (C=O) groups is 3. The number of benzene rings is 1. The van der Waals surface area contributed by atoms with Gasteiger partial charge in [-0.3, -0.25) is 9.59 Å². The van der Waals surface area contributed by atoms with Crippen LogP contribution in [-0.4, -0.2) is 67.2 Å². The molecule has 1 atom stereocenters. The summed E-state index contributed by atoms with van der Waals surface area (Å²) in [7, 11) is 0. The van der Waals surface area contributed by atoms with Crippen LogP contribution in [0.1, 0.15) is 38.1 Å². The molecule has 1 heterocycles. The zero-order chi connectivity index (χ0) is 20.7. The molecule has 0 saturated carbocycles. The maximum atomic E-state index is 12.4. The Balaban J connectivity index is 1.80. The Kier molecular flexibility index (Phi) is 7.39. The molecule has 1 N–H and O–H groups in total. The third-order valence-corrected chi connectivity index (χ3v) is 3.97. The monoisotopic (exact) mass is 392 g/mol. The highest BCUT2D eigenvalue weighted by atomic mass is 16.6. The number of nitrogens with zero attached hydrogens (tertiary/aromatic N) is 1. The Bertz CT molecular complexity index is 713. The van der Waals surface area contributed by atoms with Gasteiger partial charge in [0.2, 0.25) is 0 Å². The van der Waals surface area contributed by atoms with E-state index >= 15 is 0 Å². The lowest BCUT2D eigenvalue weighted by molar-refractivity contribution is -0.140. The third-order valence-electron chi connectivity index (χ3n) is 3.97. The van der Waals surface area contributed by atoms with E-state index in [1.54, 1.807) is 49.9 Å². The molecule has 1 unspecified atom stereocenters. The van der Waals surface area contributed by atoms with Crippen molar-refractivity contribution in [2.24, 2.45) is 0 Å². The number of alkyl carbamates (subject to hydrolysis) is 1. The molecule has 28 heavy (non-hydrogen) atoms. The highest BCUT2D eigenvalue weighted by Crippen LogP contribution is 2.14. The lowest BCUT2D eigenvalue weighted by atomic mass is 10.1. The molecule has 0 aliphatic carbocycles. The standard InChI is InChI=1S/C20H28N2O6/c1-14(23)15-6-5-7-16(10-15)27-13-18(24)22-8-9-26-17(12-22)11-21-19(25)28-20(2,3)4/h5-7,10,17H,8-9,11-13H2,1-4H3,(H,21,25). The Morgan fingerprint density at radius 3 is 2.71 bits per heavy atom. The smallest absolute Gasteiger partial charge is 0.407 e. The summed E-state index contributed by atoms with van der Waals surface area (Å²) in [5.41, 5.74) is -0.0408. The predicted octanol–water partition coefficient (Wildman–Crippen LogP) is 2.02. The van der Waals surface area contributed by atoms with Crippen LogP contribution in [-0.2, 0) is 14.3 Å². The Hall–Kier alpha value is -2.61. The van der Waals surface area contributed by atoms with E-state index in [0.717, 1.165) is 0 Å². The zero-order valence-corrected chi connectivity index (χ0v) is 16.8. The van der Waals surface area contributed by atoms with Crippen LogP contribution in [0.5, 0.6) is 5.75 Å². The van der Waals surface area contributed by atoms with Gasteiger partial charge in [0.1, 0.15) is 11.4 Å². The van der Waals surface area contributed by atoms with Gasteiger partial charge in [0, 0.05) is 25.2 Å². The van der Waals surface area contributed by atoms with Crippen LogP contribution in [0.2, 0.25) is 0 Å². The van der Waals surface area contributed by atoms with Crippen LogP contribution in [0.3, 0.4) is 0 Å². The van der Waals surface area contributed by atoms with Crippen molar-refractivity contribution < 1.29 is 28.6 Å². The van der Waals surface area contributed by atoms with Gasteiger partial charge >= 0.3 is 6.09 Å². The number of amides is 2. The average Bonchev–Trinajstić information content (AvgIpc) is 2.63. The molecule has 8 nitrogen and oxygen atoms in total. The van der Waals surface area contributed by atoms with Gasteiger partial charge in [-0.15, -0.1) is 0 Å². The van der Waals surface area contributed by atoms with Gasteiger partial charge in [-0.05, 0) is 39.8 Å². The molecule has 0 aromatic heterocycles. The van der Waals surface area contributed by atoms with Gasteiger partial charge < -0.3 is 24.4 Å². The molecule has 1 aromatic carbocycles. The number of rotatable bonds is 6. The van der Waals surface area contributed by atoms with Crippen molar-refractivity contribution in [2.75, 3.05) is 32.8 Å². The first-order valence-electron chi connectivity index (χ1n) is 9.24. The van der Waals surface area contributed by atoms with E-state index in [1.165, 1.54) is 6.92 Å². The minimum absolute atomic E-state index is 0.0646. The van der Waals surface area contributed by atoms with Crippen molar-refractivity contribution in [3.8, 4) is 5.75 Å². The summed E-state index contributed by atoms with van der Waals surface area (Å²) < 4.78 is 16.3. The van der Waals surface area contributed by atoms with Gasteiger partial charge in [-0.2, -0.15) is 0 Å². The third kappa shape index (κ3) is 7.19. The Labute approximate surface area is 165 Å². The average molecular weight is 392 g/mol. The summed E-state index contributed by atoms with van der Waals surface area (Å²) in [5.74, 6) is 0.224. The lowest BCUT2D eigenvalue weighted by Crippen LogP contribution is -2.51. The summed E-state index contributed by atoms with van der Waals surface area (Å²) in [6, 6.07) is 6.72. The molecule has 2 amide bonds. The Morgan fingerprint density at radius 2 is 2.04 bits per heavy atom. The maximum Gasteiger partial charge on any atom is 0.407 e. The molecule has 1 fully saturated rings. The molecular formula is C20H28N2O6. The van der Waals surface area contributed by atoms with Gasteiger partial charge in [-0.1, -0.05) is 12.1 Å². The van der Waals surface area contributed by atoms with E-state index in [-0.39, 0.29) is 30.9 Å². The SMILES string of the molecule is CC(=O)c1cccc(OCC(=O)N2CCOC(CNC(=O)OC(C)(C)C)C2)c1. The van der Waals surface area contributed by atoms with Crippen molar-refractivity contribution in [3.63, 3.8) is 0 Å². The van der Waals surface area contributed by atoms with Crippen LogP contribution in [0.4, 0.5) is 4.79 Å². The van der Waals surface area contributed by atoms with E-state index < -0.39 is 11.7 Å². The number of ether oxygens (including phenoxy) is 3. The number of carbonyl (C=O) groups excluding carboxylic acids is 3. The first kappa shape index (κ1) is 21.7. The van der Waals surface area contributed by atoms with Crippen molar-refractivity contribution in [3.05, 3.63) is 29.8 Å². The van der Waals surface area contributed by atoms with E-state index in [9.17, 15) is 14.4 Å². The second-order valence-electron chi connectivity index (χ2n) is 7.59. The molecule has 0 bridgehead atoms. The fraction of sp³-hybridized carbons (Fsp3) is 0.550. The molecule has 1 saturated heterocycles. The normalized spacial score (nSPS) is 17.0. The molecule has 2 rings (SSSR count). The molecule has 1 aliphatic rings. The minimum Gasteiger partial charge on any atom is -0.484 e. The summed E-state index contributed by atoms with van der Waals surface area (Å²) in [5, 5.41) is 2.66. The van der Waals surface area contributed by atoms with Crippen LogP contribution >= 0.6 is 0 Å². The first-order valence-corrected chi connectivity index (χ1v) is 9.24. The molecule has 1 aliphatic heterocycles. The molecular weight excluding hydrogens is 364 g/mol. The van der Waals surface area contributed by atoms with E-state index in [4.69, 9.17) is 14.2 Å². The van der Waals surface area contributed by atoms with E-state index in [2.05, 4.69) is 5.32 Å². The van der Waals surface area contributed by atoms with Crippen molar-refractivity contribution in [1.29, 1.82) is 0 Å². The van der Waals surface area contributed by atoms with Crippen molar-refractivity contribution >= 4 is 17.8 Å². The van der Waals surface area contributed by atoms with Crippen LogP contribution in [0.15, 0.2) is 24.3 Å². The van der Waals surface area contributed by atoms with Gasteiger partial charge in [0.05, 0.1) is 12.7 Å². The molecule has 154 valence electrons. The largest absolute Gasteiger partial charge is 0.484 e. The number of nitrogens with one attached hydrogen (secondary N) is 1. The number of hydrogen-bond donors (Lipinski definition) is 1. The van der Waals surface area contributed by atoms with Crippen LogP contribution in [0, 0.1) is 0 Å². The highest BCUT2D eigenvalue weighted by Gasteiger charge is 2.25. The van der Waals surface area contributed by atoms with Crippen molar-refractivity contribution in [1.82, 2.24) is 10.2 Å². The number of ketones is 1. The van der Waals surface area contributed by atoms with Gasteiger partial charge in [-0.25, -0.2) is 4.79 Å². The second-order valence-corrected chi connectivity index (χ2v) is 7.59. The van der Waals surface area contributed by atoms with E-state index in [0.29, 0.717) is 31.0 Å². The minimum atomic E-state index is -0.573. The lowest BCUT2D eigenvalue weighted by Gasteiger charge is -2.33. The summed E-state index contributed by atoms with van der Waals surface area (Å²) >= 11 is 0. The molecule has 0 spiro atoms. The van der Waals surface area contributed by atoms with Gasteiger partial charge in [0.15, 0.2) is 12.4 Å². The summed E-state index contributed by atoms with van der Waals surface area (Å²) in [6.07, 6.45) is -0.834. The second kappa shape index (κ2) is 9.54. The maximum absolute atomic E-state index is 12.4. The zero-order valence-electron chi connectivity index (χ0n) is 16.8. The quantitative estimate of drug-likeness (QED) is 0.745. The first-order chi connectivity index (χ1) is 13.1. The van der Waals surface area contributed by atoms with E-state index in [1.807, 2.05) is 0 Å². The number of Topliss-reactive ketones (excluding diaryl/α,β-unsaturated/α-hetero) is 1. The van der Waals surface area contributed by atoms with Crippen LogP contribution < -0.4 is 10.1 Å². The fourth-order valence-electron chi connectivity index (χ4n) is 2.62. The molecule has 8 heteroatoms. The summed E-state index contributed by atoms with van der Waals surface area (Å²) in [4.78, 5) is 37.2. The van der Waals surface area contributed by atoms with Crippen molar-refractivity contribution in [2.45, 2.75) is 39.4 Å². The summed E-state index contributed by atoms with van der Waals surface area (Å²) in [6.45, 7) is 8.15. The Morgan fingerprint density at radius 1 is 1.29 bits per heavy atom. The topological polar surface area (TPSA) is 94.2 Å². The number of hydrogen-bond acceptors (Lipinski definition) is 6. The fourth-order valence-corrected chi connectivity index (χ4v) is 2.62. The predicted molar refractivity (Wildman–Crippen MR) is 102 cm³/mol. The highest BCUT2D eigenvalue weighted by molar-refractivity contribution is 5.94. The van der Waals surface area contributed by atoms with Gasteiger partial charge in [0.25, 0.3) is 5.91 Å². The van der Waals surface area contributed by atoms with Crippen LogP contribution in [0.25, 0.3) is 0 Å². The number of morpholine rings is 1. The molecule has 0 radical (unpaired) electrons.